The van der Waals surface area contributed by atoms with Crippen molar-refractivity contribution < 1.29 is 9.53 Å². The average Bonchev–Trinajstić information content (AvgIpc) is 1.58. The first-order valence-corrected chi connectivity index (χ1v) is 2.22. The van der Waals surface area contributed by atoms with Gasteiger partial charge in [-0.3, -0.25) is 4.79 Å². The maximum Gasteiger partial charge on any atom is 0.309 e. The molecule has 40 valence electrons. The Morgan fingerprint density at radius 1 is 2.00 bits per heavy atom. The highest BCUT2D eigenvalue weighted by Crippen LogP contribution is 2.09. The van der Waals surface area contributed by atoms with Gasteiger partial charge in [0.15, 0.2) is 0 Å². The molecular weight excluding hydrogens is 94.0 g/mol. The normalized spacial score (nSPS) is 28.7. The molecular formula is C4H7NO2. The monoisotopic (exact) mass is 101 g/mol. The van der Waals surface area contributed by atoms with E-state index in [9.17, 15) is 4.79 Å². The summed E-state index contributed by atoms with van der Waals surface area (Å²) in [5.41, 5.74) is 5.12. The minimum absolute atomic E-state index is 0.0208. The second kappa shape index (κ2) is 1.50. The summed E-state index contributed by atoms with van der Waals surface area (Å²) in [6, 6.07) is 0. The third kappa shape index (κ3) is 0.718. The maximum absolute atomic E-state index is 9.99. The molecule has 0 bridgehead atoms. The second-order valence-corrected chi connectivity index (χ2v) is 1.55. The summed E-state index contributed by atoms with van der Waals surface area (Å²) >= 11 is 0. The molecule has 1 saturated heterocycles. The zero-order valence-corrected chi connectivity index (χ0v) is 3.89. The lowest BCUT2D eigenvalue weighted by atomic mass is 10.2. The van der Waals surface area contributed by atoms with Crippen LogP contribution in [0.5, 0.6) is 0 Å². The number of esters is 1. The fourth-order valence-electron chi connectivity index (χ4n) is 0.494. The van der Waals surface area contributed by atoms with E-state index >= 15 is 0 Å². The van der Waals surface area contributed by atoms with Gasteiger partial charge in [-0.1, -0.05) is 0 Å². The van der Waals surface area contributed by atoms with Gasteiger partial charge >= 0.3 is 5.97 Å². The third-order valence-corrected chi connectivity index (χ3v) is 0.955. The van der Waals surface area contributed by atoms with Crippen molar-refractivity contribution in [1.82, 2.24) is 0 Å². The molecule has 1 rings (SSSR count). The van der Waals surface area contributed by atoms with Gasteiger partial charge in [-0.25, -0.2) is 0 Å². The van der Waals surface area contributed by atoms with E-state index < -0.39 is 0 Å². The fraction of sp³-hybridized carbons (Fsp3) is 0.750. The number of rotatable bonds is 1. The molecule has 1 unspecified atom stereocenters. The highest BCUT2D eigenvalue weighted by atomic mass is 16.6. The van der Waals surface area contributed by atoms with Crippen LogP contribution in [-0.4, -0.2) is 18.6 Å². The minimum Gasteiger partial charge on any atom is -0.460 e. The minimum atomic E-state index is -0.129. The Bertz CT molecular complexity index is 83.7. The molecule has 1 aliphatic rings. The Morgan fingerprint density at radius 3 is 2.71 bits per heavy atom. The van der Waals surface area contributed by atoms with Crippen LogP contribution in [0, 0.1) is 0 Å². The van der Waals surface area contributed by atoms with Crippen molar-refractivity contribution in [2.45, 2.75) is 12.5 Å². The van der Waals surface area contributed by atoms with Gasteiger partial charge in [-0.05, 0) is 0 Å². The molecule has 1 aliphatic heterocycles. The molecule has 0 aliphatic carbocycles. The Balaban J connectivity index is 2.17. The van der Waals surface area contributed by atoms with E-state index in [1.54, 1.807) is 0 Å². The quantitative estimate of drug-likeness (QED) is 0.442. The Morgan fingerprint density at radius 2 is 2.57 bits per heavy atom. The topological polar surface area (TPSA) is 52.3 Å². The van der Waals surface area contributed by atoms with Gasteiger partial charge in [0.2, 0.25) is 0 Å². The Hall–Kier alpha value is -0.570. The van der Waals surface area contributed by atoms with E-state index in [0.29, 0.717) is 13.0 Å². The lowest BCUT2D eigenvalue weighted by molar-refractivity contribution is -0.168. The molecule has 0 saturated carbocycles. The van der Waals surface area contributed by atoms with E-state index in [4.69, 9.17) is 5.73 Å². The lowest BCUT2D eigenvalue weighted by Gasteiger charge is -2.23. The zero-order valence-electron chi connectivity index (χ0n) is 3.89. The lowest BCUT2D eigenvalue weighted by Crippen LogP contribution is -2.38. The van der Waals surface area contributed by atoms with Crippen LogP contribution in [0.25, 0.3) is 0 Å². The number of cyclic esters (lactones) is 1. The largest absolute Gasteiger partial charge is 0.460 e. The Labute approximate surface area is 41.4 Å². The molecule has 0 aromatic rings. The summed E-state index contributed by atoms with van der Waals surface area (Å²) in [7, 11) is 0. The van der Waals surface area contributed by atoms with Gasteiger partial charge < -0.3 is 10.5 Å². The number of hydrogen-bond donors (Lipinski definition) is 1. The smallest absolute Gasteiger partial charge is 0.309 e. The van der Waals surface area contributed by atoms with Crippen molar-refractivity contribution in [2.24, 2.45) is 5.73 Å². The molecule has 0 aromatic carbocycles. The predicted octanol–water partition coefficient (Wildman–Crippen LogP) is -0.739. The van der Waals surface area contributed by atoms with Gasteiger partial charge in [0, 0.05) is 6.54 Å². The van der Waals surface area contributed by atoms with E-state index in [-0.39, 0.29) is 12.1 Å². The summed E-state index contributed by atoms with van der Waals surface area (Å²) in [5.74, 6) is -0.129. The van der Waals surface area contributed by atoms with Crippen LogP contribution in [0.2, 0.25) is 0 Å². The van der Waals surface area contributed by atoms with Crippen molar-refractivity contribution in [1.29, 1.82) is 0 Å². The molecule has 1 fully saturated rings. The molecule has 3 heteroatoms. The van der Waals surface area contributed by atoms with Crippen LogP contribution < -0.4 is 5.73 Å². The first-order valence-electron chi connectivity index (χ1n) is 2.22. The molecule has 1 atom stereocenters. The van der Waals surface area contributed by atoms with Crippen LogP contribution in [0.1, 0.15) is 6.42 Å². The summed E-state index contributed by atoms with van der Waals surface area (Å²) < 4.78 is 4.52. The molecule has 0 radical (unpaired) electrons. The first-order chi connectivity index (χ1) is 3.33. The number of nitrogens with two attached hydrogens (primary N) is 1. The highest BCUT2D eigenvalue weighted by Gasteiger charge is 2.26. The molecule has 2 N–H and O–H groups in total. The van der Waals surface area contributed by atoms with Gasteiger partial charge in [0.1, 0.15) is 6.10 Å². The molecule has 1 heterocycles. The van der Waals surface area contributed by atoms with Gasteiger partial charge in [-0.2, -0.15) is 0 Å². The van der Waals surface area contributed by atoms with Crippen LogP contribution in [0.4, 0.5) is 0 Å². The van der Waals surface area contributed by atoms with Gasteiger partial charge in [0.25, 0.3) is 0 Å². The molecule has 0 spiro atoms. The number of carbonyl (C=O) groups is 1. The van der Waals surface area contributed by atoms with Gasteiger partial charge in [-0.15, -0.1) is 0 Å². The molecule has 7 heavy (non-hydrogen) atoms. The summed E-state index contributed by atoms with van der Waals surface area (Å²) in [6.45, 7) is 0.464. The van der Waals surface area contributed by atoms with Crippen LogP contribution in [0.3, 0.4) is 0 Å². The molecule has 3 nitrogen and oxygen atoms in total. The van der Waals surface area contributed by atoms with Gasteiger partial charge in [0.05, 0.1) is 6.42 Å². The predicted molar refractivity (Wildman–Crippen MR) is 23.6 cm³/mol. The molecule has 0 amide bonds. The van der Waals surface area contributed by atoms with E-state index in [0.717, 1.165) is 0 Å². The van der Waals surface area contributed by atoms with Crippen molar-refractivity contribution in [3.63, 3.8) is 0 Å². The van der Waals surface area contributed by atoms with E-state index in [1.165, 1.54) is 0 Å². The summed E-state index contributed by atoms with van der Waals surface area (Å²) in [5, 5.41) is 0. The number of hydrogen-bond acceptors (Lipinski definition) is 3. The van der Waals surface area contributed by atoms with Crippen LogP contribution in [0.15, 0.2) is 0 Å². The van der Waals surface area contributed by atoms with Crippen molar-refractivity contribution >= 4 is 5.97 Å². The van der Waals surface area contributed by atoms with Crippen LogP contribution in [-0.2, 0) is 9.53 Å². The SMILES string of the molecule is NCC1CC(=O)O1. The first kappa shape index (κ1) is 4.59. The fourth-order valence-corrected chi connectivity index (χ4v) is 0.494. The van der Waals surface area contributed by atoms with E-state index in [1.807, 2.05) is 0 Å². The maximum atomic E-state index is 9.99. The van der Waals surface area contributed by atoms with E-state index in [2.05, 4.69) is 4.74 Å². The standard InChI is InChI=1S/C4H7NO2/c5-2-3-1-4(6)7-3/h3H,1-2,5H2. The van der Waals surface area contributed by atoms with Crippen molar-refractivity contribution in [3.8, 4) is 0 Å². The average molecular weight is 101 g/mol. The highest BCUT2D eigenvalue weighted by molar-refractivity contribution is 5.75. The summed E-state index contributed by atoms with van der Waals surface area (Å²) in [6.07, 6.45) is 0.531. The van der Waals surface area contributed by atoms with Crippen molar-refractivity contribution in [2.75, 3.05) is 6.54 Å². The van der Waals surface area contributed by atoms with Crippen molar-refractivity contribution in [3.05, 3.63) is 0 Å². The molecule has 0 aromatic heterocycles. The number of ether oxygens (including phenoxy) is 1. The number of carbonyl (C=O) groups excluding carboxylic acids is 1. The van der Waals surface area contributed by atoms with Crippen LogP contribution >= 0.6 is 0 Å². The summed E-state index contributed by atoms with van der Waals surface area (Å²) in [4.78, 5) is 9.99. The third-order valence-electron chi connectivity index (χ3n) is 0.955. The zero-order chi connectivity index (χ0) is 5.28. The second-order valence-electron chi connectivity index (χ2n) is 1.55. The Kier molecular flexibility index (Phi) is 0.982.